The number of hydrogen-bond donors (Lipinski definition) is 1. The summed E-state index contributed by atoms with van der Waals surface area (Å²) < 4.78 is 0. The second-order valence-electron chi connectivity index (χ2n) is 6.61. The Morgan fingerprint density at radius 2 is 1.94 bits per heavy atom. The zero-order valence-electron chi connectivity index (χ0n) is 12.2. The predicted octanol–water partition coefficient (Wildman–Crippen LogP) is 1.80. The molecule has 0 saturated carbocycles. The van der Waals surface area contributed by atoms with Crippen LogP contribution in [-0.4, -0.2) is 35.8 Å². The maximum atomic E-state index is 12.0. The lowest BCUT2D eigenvalue weighted by Gasteiger charge is -2.42. The molecular formula is C14H26N2O2. The van der Waals surface area contributed by atoms with Gasteiger partial charge >= 0.3 is 0 Å². The van der Waals surface area contributed by atoms with Gasteiger partial charge in [0.1, 0.15) is 6.04 Å². The summed E-state index contributed by atoms with van der Waals surface area (Å²) in [5, 5.41) is 2.69. The molecule has 0 aliphatic carbocycles. The molecule has 1 N–H and O–H groups in total. The van der Waals surface area contributed by atoms with E-state index in [0.29, 0.717) is 12.5 Å². The molecule has 0 aromatic rings. The molecule has 2 amide bonds. The lowest BCUT2D eigenvalue weighted by atomic mass is 9.83. The number of rotatable bonds is 4. The maximum Gasteiger partial charge on any atom is 0.243 e. The van der Waals surface area contributed by atoms with Crippen molar-refractivity contribution < 1.29 is 9.59 Å². The maximum absolute atomic E-state index is 12.0. The Balaban J connectivity index is 2.74. The van der Waals surface area contributed by atoms with Gasteiger partial charge in [0.05, 0.1) is 6.54 Å². The Kier molecular flexibility index (Phi) is 4.77. The Hall–Kier alpha value is -1.06. The molecule has 4 heteroatoms. The van der Waals surface area contributed by atoms with Gasteiger partial charge in [-0.1, -0.05) is 34.6 Å². The third kappa shape index (κ3) is 3.72. The van der Waals surface area contributed by atoms with E-state index in [1.165, 1.54) is 0 Å². The standard InChI is InChI=1S/C14H26N2O2/c1-10(2)7-6-8-16-11(17)9-15-13(18)12(16)14(3,4)5/h10,12H,6-9H2,1-5H3,(H,15,18). The van der Waals surface area contributed by atoms with Crippen LogP contribution in [0.2, 0.25) is 0 Å². The highest BCUT2D eigenvalue weighted by Crippen LogP contribution is 2.27. The van der Waals surface area contributed by atoms with E-state index in [9.17, 15) is 9.59 Å². The summed E-state index contributed by atoms with van der Waals surface area (Å²) in [7, 11) is 0. The smallest absolute Gasteiger partial charge is 0.243 e. The molecule has 1 atom stereocenters. The van der Waals surface area contributed by atoms with Crippen LogP contribution in [0.4, 0.5) is 0 Å². The Morgan fingerprint density at radius 1 is 1.33 bits per heavy atom. The number of nitrogens with one attached hydrogen (secondary N) is 1. The van der Waals surface area contributed by atoms with Crippen LogP contribution in [0.5, 0.6) is 0 Å². The molecule has 1 unspecified atom stereocenters. The monoisotopic (exact) mass is 254 g/mol. The van der Waals surface area contributed by atoms with Gasteiger partial charge in [-0.15, -0.1) is 0 Å². The minimum atomic E-state index is -0.342. The quantitative estimate of drug-likeness (QED) is 0.831. The van der Waals surface area contributed by atoms with Gasteiger partial charge in [0, 0.05) is 6.54 Å². The van der Waals surface area contributed by atoms with Crippen LogP contribution in [0, 0.1) is 11.3 Å². The molecule has 1 aliphatic rings. The van der Waals surface area contributed by atoms with Crippen LogP contribution in [-0.2, 0) is 9.59 Å². The van der Waals surface area contributed by atoms with Crippen molar-refractivity contribution in [2.75, 3.05) is 13.1 Å². The lowest BCUT2D eigenvalue weighted by Crippen LogP contribution is -2.62. The third-order valence-corrected chi connectivity index (χ3v) is 3.30. The molecule has 1 rings (SSSR count). The van der Waals surface area contributed by atoms with Crippen molar-refractivity contribution in [2.24, 2.45) is 11.3 Å². The third-order valence-electron chi connectivity index (χ3n) is 3.30. The number of carbonyl (C=O) groups excluding carboxylic acids is 2. The fourth-order valence-corrected chi connectivity index (χ4v) is 2.43. The normalized spacial score (nSPS) is 21.4. The number of hydrogen-bond acceptors (Lipinski definition) is 2. The topological polar surface area (TPSA) is 49.4 Å². The summed E-state index contributed by atoms with van der Waals surface area (Å²) in [4.78, 5) is 25.7. The highest BCUT2D eigenvalue weighted by atomic mass is 16.2. The summed E-state index contributed by atoms with van der Waals surface area (Å²) >= 11 is 0. The van der Waals surface area contributed by atoms with Crippen molar-refractivity contribution in [3.63, 3.8) is 0 Å². The molecule has 0 spiro atoms. The van der Waals surface area contributed by atoms with Crippen molar-refractivity contribution in [1.29, 1.82) is 0 Å². The first-order valence-corrected chi connectivity index (χ1v) is 6.80. The van der Waals surface area contributed by atoms with Crippen molar-refractivity contribution in [3.05, 3.63) is 0 Å². The summed E-state index contributed by atoms with van der Waals surface area (Å²) in [6.45, 7) is 11.2. The number of piperazine rings is 1. The zero-order chi connectivity index (χ0) is 13.9. The van der Waals surface area contributed by atoms with E-state index in [0.717, 1.165) is 12.8 Å². The van der Waals surface area contributed by atoms with E-state index in [1.807, 2.05) is 20.8 Å². The zero-order valence-corrected chi connectivity index (χ0v) is 12.2. The van der Waals surface area contributed by atoms with E-state index >= 15 is 0 Å². The second kappa shape index (κ2) is 5.72. The Bertz CT molecular complexity index is 318. The van der Waals surface area contributed by atoms with Gasteiger partial charge in [-0.2, -0.15) is 0 Å². The molecule has 1 heterocycles. The molecular weight excluding hydrogens is 228 g/mol. The fourth-order valence-electron chi connectivity index (χ4n) is 2.43. The largest absolute Gasteiger partial charge is 0.345 e. The van der Waals surface area contributed by atoms with Crippen molar-refractivity contribution in [3.8, 4) is 0 Å². The van der Waals surface area contributed by atoms with Crippen LogP contribution in [0.15, 0.2) is 0 Å². The first kappa shape index (κ1) is 15.0. The highest BCUT2D eigenvalue weighted by molar-refractivity contribution is 5.95. The van der Waals surface area contributed by atoms with Gasteiger partial charge in [0.2, 0.25) is 11.8 Å². The van der Waals surface area contributed by atoms with Crippen LogP contribution in [0.3, 0.4) is 0 Å². The molecule has 0 aromatic carbocycles. The minimum Gasteiger partial charge on any atom is -0.345 e. The van der Waals surface area contributed by atoms with Gasteiger partial charge in [-0.25, -0.2) is 0 Å². The average molecular weight is 254 g/mol. The van der Waals surface area contributed by atoms with Gasteiger partial charge in [-0.05, 0) is 24.2 Å². The molecule has 0 radical (unpaired) electrons. The van der Waals surface area contributed by atoms with E-state index in [-0.39, 0.29) is 29.8 Å². The first-order valence-electron chi connectivity index (χ1n) is 6.80. The first-order chi connectivity index (χ1) is 8.23. The number of carbonyl (C=O) groups is 2. The second-order valence-corrected chi connectivity index (χ2v) is 6.61. The summed E-state index contributed by atoms with van der Waals surface area (Å²) in [6.07, 6.45) is 2.05. The summed E-state index contributed by atoms with van der Waals surface area (Å²) in [6, 6.07) is -0.342. The molecule has 0 bridgehead atoms. The van der Waals surface area contributed by atoms with E-state index in [1.54, 1.807) is 4.90 Å². The van der Waals surface area contributed by atoms with Crippen molar-refractivity contribution >= 4 is 11.8 Å². The van der Waals surface area contributed by atoms with Gasteiger partial charge in [0.25, 0.3) is 0 Å². The van der Waals surface area contributed by atoms with E-state index < -0.39 is 0 Å². The highest BCUT2D eigenvalue weighted by Gasteiger charge is 2.41. The Labute approximate surface area is 110 Å². The predicted molar refractivity (Wildman–Crippen MR) is 72.0 cm³/mol. The summed E-state index contributed by atoms with van der Waals surface area (Å²) in [5.74, 6) is 0.650. The molecule has 1 saturated heterocycles. The minimum absolute atomic E-state index is 0.0216. The molecule has 18 heavy (non-hydrogen) atoms. The van der Waals surface area contributed by atoms with Crippen LogP contribution < -0.4 is 5.32 Å². The van der Waals surface area contributed by atoms with E-state index in [4.69, 9.17) is 0 Å². The van der Waals surface area contributed by atoms with Crippen LogP contribution in [0.25, 0.3) is 0 Å². The van der Waals surface area contributed by atoms with Crippen molar-refractivity contribution in [2.45, 2.75) is 53.5 Å². The fraction of sp³-hybridized carbons (Fsp3) is 0.857. The SMILES string of the molecule is CC(C)CCCN1C(=O)CNC(=O)C1C(C)(C)C. The van der Waals surface area contributed by atoms with Gasteiger partial charge in [-0.3, -0.25) is 9.59 Å². The average Bonchev–Trinajstić information content (AvgIpc) is 2.20. The van der Waals surface area contributed by atoms with Gasteiger partial charge < -0.3 is 10.2 Å². The molecule has 4 nitrogen and oxygen atoms in total. The van der Waals surface area contributed by atoms with Crippen LogP contribution >= 0.6 is 0 Å². The number of nitrogens with zero attached hydrogens (tertiary/aromatic N) is 1. The summed E-state index contributed by atoms with van der Waals surface area (Å²) in [5.41, 5.74) is -0.224. The molecule has 104 valence electrons. The van der Waals surface area contributed by atoms with Crippen molar-refractivity contribution in [1.82, 2.24) is 10.2 Å². The van der Waals surface area contributed by atoms with Crippen LogP contribution in [0.1, 0.15) is 47.5 Å². The van der Waals surface area contributed by atoms with E-state index in [2.05, 4.69) is 19.2 Å². The molecule has 1 fully saturated rings. The Morgan fingerprint density at radius 3 is 2.44 bits per heavy atom. The lowest BCUT2D eigenvalue weighted by molar-refractivity contribution is -0.150. The van der Waals surface area contributed by atoms with Gasteiger partial charge in [0.15, 0.2) is 0 Å². The number of amides is 2. The molecule has 1 aliphatic heterocycles. The molecule has 0 aromatic heterocycles.